The number of benzene rings is 1. The van der Waals surface area contributed by atoms with Crippen LogP contribution in [0.5, 0.6) is 0 Å². The van der Waals surface area contributed by atoms with Gasteiger partial charge in [-0.05, 0) is 52.5 Å². The van der Waals surface area contributed by atoms with Crippen LogP contribution in [0.15, 0.2) is 22.7 Å². The molecule has 0 aliphatic rings. The van der Waals surface area contributed by atoms with Crippen LogP contribution in [0.25, 0.3) is 11.4 Å². The summed E-state index contributed by atoms with van der Waals surface area (Å²) in [5, 5.41) is 3.83. The van der Waals surface area contributed by atoms with E-state index in [1.807, 2.05) is 32.2 Å². The van der Waals surface area contributed by atoms with Crippen LogP contribution in [0.1, 0.15) is 31.0 Å². The molecule has 1 N–H and O–H groups in total. The highest BCUT2D eigenvalue weighted by atomic mass is 79.9. The van der Waals surface area contributed by atoms with Gasteiger partial charge in [-0.25, -0.2) is 9.97 Å². The summed E-state index contributed by atoms with van der Waals surface area (Å²) < 4.78 is 0.922. The van der Waals surface area contributed by atoms with Gasteiger partial charge in [-0.1, -0.05) is 25.4 Å². The molecule has 1 heterocycles. The van der Waals surface area contributed by atoms with E-state index in [4.69, 9.17) is 16.6 Å². The number of hydrogen-bond acceptors (Lipinski definition) is 3. The molecule has 0 unspecified atom stereocenters. The number of halogens is 2. The maximum absolute atomic E-state index is 6.01. The van der Waals surface area contributed by atoms with Crippen molar-refractivity contribution in [1.29, 1.82) is 0 Å². The molecule has 0 aliphatic heterocycles. The fourth-order valence-electron chi connectivity index (χ4n) is 2.01. The van der Waals surface area contributed by atoms with Crippen LogP contribution in [0.2, 0.25) is 5.02 Å². The molecular weight excluding hydrogens is 338 g/mol. The predicted octanol–water partition coefficient (Wildman–Crippen LogP) is 5.03. The largest absolute Gasteiger partial charge is 0.372 e. The highest BCUT2D eigenvalue weighted by Crippen LogP contribution is 2.32. The smallest absolute Gasteiger partial charge is 0.162 e. The molecule has 0 fully saturated rings. The van der Waals surface area contributed by atoms with Gasteiger partial charge in [-0.15, -0.1) is 0 Å². The van der Waals surface area contributed by atoms with E-state index >= 15 is 0 Å². The summed E-state index contributed by atoms with van der Waals surface area (Å²) in [5.41, 5.74) is 3.06. The van der Waals surface area contributed by atoms with Crippen LogP contribution < -0.4 is 5.32 Å². The highest BCUT2D eigenvalue weighted by Gasteiger charge is 2.16. The number of anilines is 1. The maximum Gasteiger partial charge on any atom is 0.162 e. The molecule has 0 radical (unpaired) electrons. The van der Waals surface area contributed by atoms with E-state index in [9.17, 15) is 0 Å². The van der Waals surface area contributed by atoms with E-state index in [0.29, 0.717) is 5.92 Å². The zero-order valence-corrected chi connectivity index (χ0v) is 14.3. The van der Waals surface area contributed by atoms with E-state index in [0.717, 1.165) is 38.0 Å². The summed E-state index contributed by atoms with van der Waals surface area (Å²) in [6.45, 7) is 6.25. The first-order valence-electron chi connectivity index (χ1n) is 6.45. The van der Waals surface area contributed by atoms with E-state index in [1.165, 1.54) is 0 Å². The van der Waals surface area contributed by atoms with Gasteiger partial charge >= 0.3 is 0 Å². The van der Waals surface area contributed by atoms with Gasteiger partial charge in [0.05, 0.1) is 10.2 Å². The monoisotopic (exact) mass is 353 g/mol. The van der Waals surface area contributed by atoms with Crippen LogP contribution in [0, 0.1) is 6.92 Å². The third-order valence-electron chi connectivity index (χ3n) is 3.09. The Hall–Kier alpha value is -1.13. The first-order valence-corrected chi connectivity index (χ1v) is 7.62. The quantitative estimate of drug-likeness (QED) is 0.839. The molecule has 2 rings (SSSR count). The molecule has 3 nitrogen and oxygen atoms in total. The number of aryl methyl sites for hydroxylation is 1. The summed E-state index contributed by atoms with van der Waals surface area (Å²) >= 11 is 9.58. The van der Waals surface area contributed by atoms with E-state index in [-0.39, 0.29) is 0 Å². The van der Waals surface area contributed by atoms with Crippen molar-refractivity contribution in [3.05, 3.63) is 39.0 Å². The third kappa shape index (κ3) is 2.96. The lowest BCUT2D eigenvalue weighted by molar-refractivity contribution is 0.810. The Kier molecular flexibility index (Phi) is 4.66. The molecule has 2 aromatic rings. The summed E-state index contributed by atoms with van der Waals surface area (Å²) in [5.74, 6) is 1.83. The standard InChI is InChI=1S/C15H17BrClN3/c1-8(2)13-12(16)15(18-4)20-14(19-13)11-6-5-10(17)7-9(11)3/h5-8H,1-4H3,(H,18,19,20). The van der Waals surface area contributed by atoms with Crippen LogP contribution in [-0.2, 0) is 0 Å². The van der Waals surface area contributed by atoms with Crippen molar-refractivity contribution >= 4 is 33.3 Å². The minimum Gasteiger partial charge on any atom is -0.372 e. The number of hydrogen-bond donors (Lipinski definition) is 1. The van der Waals surface area contributed by atoms with Gasteiger partial charge in [0.1, 0.15) is 5.82 Å². The van der Waals surface area contributed by atoms with E-state index in [2.05, 4.69) is 40.1 Å². The number of rotatable bonds is 3. The summed E-state index contributed by atoms with van der Waals surface area (Å²) in [6, 6.07) is 5.75. The van der Waals surface area contributed by atoms with Crippen molar-refractivity contribution < 1.29 is 0 Å². The molecule has 0 aliphatic carbocycles. The second kappa shape index (κ2) is 6.10. The lowest BCUT2D eigenvalue weighted by atomic mass is 10.1. The fraction of sp³-hybridized carbons (Fsp3) is 0.333. The SMILES string of the molecule is CNc1nc(-c2ccc(Cl)cc2C)nc(C(C)C)c1Br. The lowest BCUT2D eigenvalue weighted by Gasteiger charge is -2.14. The molecule has 0 spiro atoms. The molecular formula is C15H17BrClN3. The Balaban J connectivity index is 2.65. The molecule has 0 bridgehead atoms. The van der Waals surface area contributed by atoms with E-state index < -0.39 is 0 Å². The molecule has 1 aromatic carbocycles. The first kappa shape index (κ1) is 15.3. The van der Waals surface area contributed by atoms with Crippen molar-refractivity contribution in [2.75, 3.05) is 12.4 Å². The number of aromatic nitrogens is 2. The van der Waals surface area contributed by atoms with Gasteiger partial charge in [0, 0.05) is 17.6 Å². The van der Waals surface area contributed by atoms with Crippen molar-refractivity contribution in [2.24, 2.45) is 0 Å². The molecule has 0 saturated carbocycles. The van der Waals surface area contributed by atoms with Crippen molar-refractivity contribution in [2.45, 2.75) is 26.7 Å². The Labute approximate surface area is 132 Å². The van der Waals surface area contributed by atoms with Gasteiger partial charge in [0.2, 0.25) is 0 Å². The minimum atomic E-state index is 0.311. The van der Waals surface area contributed by atoms with Crippen molar-refractivity contribution in [3.8, 4) is 11.4 Å². The second-order valence-electron chi connectivity index (χ2n) is 4.96. The van der Waals surface area contributed by atoms with Gasteiger partial charge in [-0.3, -0.25) is 0 Å². The Morgan fingerprint density at radius 1 is 1.25 bits per heavy atom. The zero-order valence-electron chi connectivity index (χ0n) is 12.0. The van der Waals surface area contributed by atoms with Gasteiger partial charge in [0.25, 0.3) is 0 Å². The molecule has 106 valence electrons. The van der Waals surface area contributed by atoms with Gasteiger partial charge < -0.3 is 5.32 Å². The summed E-state index contributed by atoms with van der Waals surface area (Å²) in [6.07, 6.45) is 0. The summed E-state index contributed by atoms with van der Waals surface area (Å²) in [7, 11) is 1.86. The van der Waals surface area contributed by atoms with Crippen LogP contribution >= 0.6 is 27.5 Å². The van der Waals surface area contributed by atoms with Crippen LogP contribution in [0.3, 0.4) is 0 Å². The predicted molar refractivity (Wildman–Crippen MR) is 88.6 cm³/mol. The minimum absolute atomic E-state index is 0.311. The number of nitrogens with one attached hydrogen (secondary N) is 1. The van der Waals surface area contributed by atoms with Crippen molar-refractivity contribution in [1.82, 2.24) is 9.97 Å². The number of nitrogens with zero attached hydrogens (tertiary/aromatic N) is 2. The molecule has 5 heteroatoms. The molecule has 0 saturated heterocycles. The summed E-state index contributed by atoms with van der Waals surface area (Å²) in [4.78, 5) is 9.28. The van der Waals surface area contributed by atoms with E-state index in [1.54, 1.807) is 0 Å². The maximum atomic E-state index is 6.01. The van der Waals surface area contributed by atoms with Crippen molar-refractivity contribution in [3.63, 3.8) is 0 Å². The lowest BCUT2D eigenvalue weighted by Crippen LogP contribution is -2.05. The van der Waals surface area contributed by atoms with Gasteiger partial charge in [0.15, 0.2) is 5.82 Å². The third-order valence-corrected chi connectivity index (χ3v) is 4.11. The molecule has 0 amide bonds. The Morgan fingerprint density at radius 2 is 1.95 bits per heavy atom. The molecule has 0 atom stereocenters. The topological polar surface area (TPSA) is 37.8 Å². The normalized spacial score (nSPS) is 10.9. The average molecular weight is 355 g/mol. The first-order chi connectivity index (χ1) is 9.43. The second-order valence-corrected chi connectivity index (χ2v) is 6.19. The fourth-order valence-corrected chi connectivity index (χ4v) is 3.07. The molecule has 1 aromatic heterocycles. The van der Waals surface area contributed by atoms with Crippen LogP contribution in [-0.4, -0.2) is 17.0 Å². The van der Waals surface area contributed by atoms with Gasteiger partial charge in [-0.2, -0.15) is 0 Å². The zero-order chi connectivity index (χ0) is 14.9. The Bertz CT molecular complexity index is 641. The molecule has 20 heavy (non-hydrogen) atoms. The average Bonchev–Trinajstić information content (AvgIpc) is 2.39. The van der Waals surface area contributed by atoms with Crippen LogP contribution in [0.4, 0.5) is 5.82 Å². The Morgan fingerprint density at radius 3 is 2.50 bits per heavy atom. The highest BCUT2D eigenvalue weighted by molar-refractivity contribution is 9.10.